The average molecular weight is 245 g/mol. The summed E-state index contributed by atoms with van der Waals surface area (Å²) in [5, 5.41) is 0. The number of rotatable bonds is 5. The van der Waals surface area contributed by atoms with E-state index in [0.717, 1.165) is 11.1 Å². The van der Waals surface area contributed by atoms with Crippen LogP contribution in [0.4, 0.5) is 4.39 Å². The van der Waals surface area contributed by atoms with Crippen LogP contribution in [0, 0.1) is 5.82 Å². The van der Waals surface area contributed by atoms with Crippen molar-refractivity contribution >= 4 is 0 Å². The molecule has 0 radical (unpaired) electrons. The predicted octanol–water partition coefficient (Wildman–Crippen LogP) is 3.46. The number of hydroxylamine groups is 1. The molecule has 3 heteroatoms. The third kappa shape index (κ3) is 3.15. The molecule has 2 aromatic carbocycles. The van der Waals surface area contributed by atoms with Crippen molar-refractivity contribution in [3.8, 4) is 0 Å². The Morgan fingerprint density at radius 1 is 1.00 bits per heavy atom. The molecular weight excluding hydrogens is 229 g/mol. The molecule has 1 unspecified atom stereocenters. The van der Waals surface area contributed by atoms with Crippen LogP contribution in [0.2, 0.25) is 0 Å². The van der Waals surface area contributed by atoms with Gasteiger partial charge in [0.2, 0.25) is 0 Å². The maximum Gasteiger partial charge on any atom is 0.123 e. The second kappa shape index (κ2) is 6.28. The van der Waals surface area contributed by atoms with Crippen molar-refractivity contribution in [2.24, 2.45) is 0 Å². The van der Waals surface area contributed by atoms with E-state index in [9.17, 15) is 4.39 Å². The van der Waals surface area contributed by atoms with Crippen LogP contribution >= 0.6 is 0 Å². The molecule has 2 nitrogen and oxygen atoms in total. The normalized spacial score (nSPS) is 12.3. The molecule has 0 aromatic heterocycles. The first-order chi connectivity index (χ1) is 8.81. The van der Waals surface area contributed by atoms with Gasteiger partial charge in [-0.2, -0.15) is 5.48 Å². The minimum atomic E-state index is -0.234. The van der Waals surface area contributed by atoms with Crippen molar-refractivity contribution in [2.75, 3.05) is 6.61 Å². The summed E-state index contributed by atoms with van der Waals surface area (Å²) in [6.07, 6.45) is 0. The first-order valence-corrected chi connectivity index (χ1v) is 5.99. The summed E-state index contributed by atoms with van der Waals surface area (Å²) in [5.74, 6) is -0.234. The van der Waals surface area contributed by atoms with E-state index in [1.807, 2.05) is 37.3 Å². The van der Waals surface area contributed by atoms with Crippen molar-refractivity contribution < 1.29 is 9.23 Å². The summed E-state index contributed by atoms with van der Waals surface area (Å²) in [4.78, 5) is 5.29. The highest BCUT2D eigenvalue weighted by Gasteiger charge is 2.13. The molecule has 0 fully saturated rings. The summed E-state index contributed by atoms with van der Waals surface area (Å²) >= 11 is 0. The zero-order chi connectivity index (χ0) is 12.8. The molecule has 0 aliphatic carbocycles. The summed E-state index contributed by atoms with van der Waals surface area (Å²) in [6, 6.07) is 16.3. The van der Waals surface area contributed by atoms with Gasteiger partial charge in [-0.3, -0.25) is 0 Å². The molecule has 0 heterocycles. The maximum absolute atomic E-state index is 13.0. The Labute approximate surface area is 106 Å². The quantitative estimate of drug-likeness (QED) is 0.814. The number of halogens is 1. The van der Waals surface area contributed by atoms with E-state index in [0.29, 0.717) is 6.61 Å². The fourth-order valence-electron chi connectivity index (χ4n) is 1.80. The number of hydrogen-bond acceptors (Lipinski definition) is 2. The van der Waals surface area contributed by atoms with Gasteiger partial charge in [-0.25, -0.2) is 4.39 Å². The zero-order valence-electron chi connectivity index (χ0n) is 10.3. The summed E-state index contributed by atoms with van der Waals surface area (Å²) in [7, 11) is 0. The van der Waals surface area contributed by atoms with E-state index in [4.69, 9.17) is 4.84 Å². The molecule has 1 N–H and O–H groups in total. The van der Waals surface area contributed by atoms with Crippen LogP contribution in [-0.2, 0) is 4.84 Å². The van der Waals surface area contributed by atoms with Gasteiger partial charge in [0.25, 0.3) is 0 Å². The Morgan fingerprint density at radius 3 is 2.22 bits per heavy atom. The second-order valence-electron chi connectivity index (χ2n) is 3.95. The van der Waals surface area contributed by atoms with Gasteiger partial charge in [-0.05, 0) is 30.2 Å². The minimum Gasteiger partial charge on any atom is -0.301 e. The molecule has 0 amide bonds. The first kappa shape index (κ1) is 12.7. The van der Waals surface area contributed by atoms with E-state index < -0.39 is 0 Å². The second-order valence-corrected chi connectivity index (χ2v) is 3.95. The lowest BCUT2D eigenvalue weighted by molar-refractivity contribution is 0.0334. The van der Waals surface area contributed by atoms with Crippen LogP contribution in [0.5, 0.6) is 0 Å². The molecule has 0 aliphatic rings. The molecule has 0 bridgehead atoms. The van der Waals surface area contributed by atoms with Gasteiger partial charge in [-0.15, -0.1) is 0 Å². The Bertz CT molecular complexity index is 470. The van der Waals surface area contributed by atoms with Crippen LogP contribution in [0.1, 0.15) is 24.1 Å². The highest BCUT2D eigenvalue weighted by Crippen LogP contribution is 2.22. The fourth-order valence-corrected chi connectivity index (χ4v) is 1.80. The molecule has 0 spiro atoms. The molecular formula is C15H16FNO. The maximum atomic E-state index is 13.0. The summed E-state index contributed by atoms with van der Waals surface area (Å²) in [6.45, 7) is 2.49. The fraction of sp³-hybridized carbons (Fsp3) is 0.200. The summed E-state index contributed by atoms with van der Waals surface area (Å²) < 4.78 is 13.0. The first-order valence-electron chi connectivity index (χ1n) is 5.99. The number of nitrogens with one attached hydrogen (secondary N) is 1. The lowest BCUT2D eigenvalue weighted by Gasteiger charge is -2.19. The van der Waals surface area contributed by atoms with Crippen LogP contribution in [0.3, 0.4) is 0 Å². The Morgan fingerprint density at radius 2 is 1.61 bits per heavy atom. The van der Waals surface area contributed by atoms with Gasteiger partial charge in [0, 0.05) is 0 Å². The molecule has 18 heavy (non-hydrogen) atoms. The Hall–Kier alpha value is -1.71. The monoisotopic (exact) mass is 245 g/mol. The third-order valence-electron chi connectivity index (χ3n) is 2.68. The number of hydrogen-bond donors (Lipinski definition) is 1. The SMILES string of the molecule is CCONC(c1ccccc1)c1ccc(F)cc1. The molecule has 0 saturated heterocycles. The molecule has 2 rings (SSSR count). The van der Waals surface area contributed by atoms with Gasteiger partial charge < -0.3 is 4.84 Å². The van der Waals surface area contributed by atoms with Crippen molar-refractivity contribution in [2.45, 2.75) is 13.0 Å². The van der Waals surface area contributed by atoms with Crippen molar-refractivity contribution in [1.29, 1.82) is 0 Å². The van der Waals surface area contributed by atoms with Gasteiger partial charge in [0.05, 0.1) is 12.6 Å². The van der Waals surface area contributed by atoms with Gasteiger partial charge in [0.1, 0.15) is 5.82 Å². The van der Waals surface area contributed by atoms with Crippen LogP contribution in [-0.4, -0.2) is 6.61 Å². The van der Waals surface area contributed by atoms with E-state index in [-0.39, 0.29) is 11.9 Å². The molecule has 1 atom stereocenters. The lowest BCUT2D eigenvalue weighted by atomic mass is 10.00. The zero-order valence-corrected chi connectivity index (χ0v) is 10.3. The molecule has 0 saturated carbocycles. The van der Waals surface area contributed by atoms with Gasteiger partial charge >= 0.3 is 0 Å². The number of benzene rings is 2. The van der Waals surface area contributed by atoms with E-state index in [1.54, 1.807) is 12.1 Å². The largest absolute Gasteiger partial charge is 0.301 e. The molecule has 2 aromatic rings. The molecule has 0 aliphatic heterocycles. The van der Waals surface area contributed by atoms with E-state index >= 15 is 0 Å². The minimum absolute atomic E-state index is 0.0910. The Kier molecular flexibility index (Phi) is 4.45. The van der Waals surface area contributed by atoms with Crippen molar-refractivity contribution in [3.05, 3.63) is 71.5 Å². The topological polar surface area (TPSA) is 21.3 Å². The van der Waals surface area contributed by atoms with Crippen LogP contribution in [0.15, 0.2) is 54.6 Å². The smallest absolute Gasteiger partial charge is 0.123 e. The highest BCUT2D eigenvalue weighted by molar-refractivity contribution is 5.31. The summed E-state index contributed by atoms with van der Waals surface area (Å²) in [5.41, 5.74) is 5.05. The van der Waals surface area contributed by atoms with Gasteiger partial charge in [0.15, 0.2) is 0 Å². The molecule has 94 valence electrons. The Balaban J connectivity index is 2.27. The third-order valence-corrected chi connectivity index (χ3v) is 2.68. The predicted molar refractivity (Wildman–Crippen MR) is 69.4 cm³/mol. The highest BCUT2D eigenvalue weighted by atomic mass is 19.1. The van der Waals surface area contributed by atoms with Crippen molar-refractivity contribution in [3.63, 3.8) is 0 Å². The lowest BCUT2D eigenvalue weighted by Crippen LogP contribution is -2.22. The van der Waals surface area contributed by atoms with E-state index in [1.165, 1.54) is 12.1 Å². The van der Waals surface area contributed by atoms with Gasteiger partial charge in [-0.1, -0.05) is 42.5 Å². The van der Waals surface area contributed by atoms with Crippen LogP contribution < -0.4 is 5.48 Å². The average Bonchev–Trinajstić information content (AvgIpc) is 2.42. The van der Waals surface area contributed by atoms with Crippen molar-refractivity contribution in [1.82, 2.24) is 5.48 Å². The standard InChI is InChI=1S/C15H16FNO/c1-2-18-17-15(12-6-4-3-5-7-12)13-8-10-14(16)11-9-13/h3-11,15,17H,2H2,1H3. The van der Waals surface area contributed by atoms with Crippen LogP contribution in [0.25, 0.3) is 0 Å². The van der Waals surface area contributed by atoms with E-state index in [2.05, 4.69) is 5.48 Å².